The average Bonchev–Trinajstić information content (AvgIpc) is 2.73. The number of allylic oxidation sites excluding steroid dienone is 3. The number of nitrogens with one attached hydrogen (secondary N) is 1. The van der Waals surface area contributed by atoms with Crippen LogP contribution in [0.1, 0.15) is 36.5 Å². The van der Waals surface area contributed by atoms with E-state index >= 15 is 0 Å². The Balaban J connectivity index is 1.96. The molecule has 0 spiro atoms. The summed E-state index contributed by atoms with van der Waals surface area (Å²) in [5.41, 5.74) is -2.77. The van der Waals surface area contributed by atoms with Crippen molar-refractivity contribution in [2.24, 2.45) is 5.92 Å². The van der Waals surface area contributed by atoms with Crippen LogP contribution in [0, 0.1) is 17.2 Å². The Bertz CT molecular complexity index is 1070. The van der Waals surface area contributed by atoms with Crippen molar-refractivity contribution in [3.05, 3.63) is 89.0 Å². The molecule has 4 nitrogen and oxygen atoms in total. The zero-order valence-corrected chi connectivity index (χ0v) is 16.8. The Kier molecular flexibility index (Phi) is 6.32. The molecule has 0 radical (unpaired) electrons. The molecule has 1 aliphatic carbocycles. The van der Waals surface area contributed by atoms with Crippen molar-refractivity contribution in [2.45, 2.75) is 31.5 Å². The summed E-state index contributed by atoms with van der Waals surface area (Å²) >= 11 is 0. The number of hydrogen-bond donors (Lipinski definition) is 2. The Morgan fingerprint density at radius 3 is 2.55 bits per heavy atom. The zero-order chi connectivity index (χ0) is 22.6. The van der Waals surface area contributed by atoms with Gasteiger partial charge in [0.1, 0.15) is 0 Å². The van der Waals surface area contributed by atoms with Gasteiger partial charge in [0, 0.05) is 12.1 Å². The van der Waals surface area contributed by atoms with Crippen molar-refractivity contribution in [3.8, 4) is 6.07 Å². The summed E-state index contributed by atoms with van der Waals surface area (Å²) in [6.07, 6.45) is 1.82. The predicted molar refractivity (Wildman–Crippen MR) is 111 cm³/mol. The number of aliphatic hydroxyl groups is 1. The number of amides is 1. The predicted octanol–water partition coefficient (Wildman–Crippen LogP) is 5.32. The van der Waals surface area contributed by atoms with Crippen LogP contribution >= 0.6 is 0 Å². The van der Waals surface area contributed by atoms with Crippen LogP contribution in [0.25, 0.3) is 0 Å². The lowest BCUT2D eigenvalue weighted by Crippen LogP contribution is -2.40. The van der Waals surface area contributed by atoms with Gasteiger partial charge in [-0.05, 0) is 41.7 Å². The zero-order valence-electron chi connectivity index (χ0n) is 16.8. The number of nitriles is 1. The van der Waals surface area contributed by atoms with Gasteiger partial charge in [-0.1, -0.05) is 55.5 Å². The number of hydrogen-bond acceptors (Lipinski definition) is 3. The number of halogens is 3. The van der Waals surface area contributed by atoms with E-state index < -0.39 is 28.8 Å². The minimum absolute atomic E-state index is 0.0356. The number of anilines is 1. The summed E-state index contributed by atoms with van der Waals surface area (Å²) in [6.45, 7) is 2.01. The van der Waals surface area contributed by atoms with Gasteiger partial charge in [0.05, 0.1) is 17.2 Å². The molecule has 0 aliphatic heterocycles. The maximum absolute atomic E-state index is 13.3. The summed E-state index contributed by atoms with van der Waals surface area (Å²) in [6, 6.07) is 12.7. The fourth-order valence-corrected chi connectivity index (χ4v) is 3.55. The number of alkyl halides is 3. The minimum atomic E-state index is -4.75. The van der Waals surface area contributed by atoms with Crippen molar-refractivity contribution >= 4 is 11.6 Å². The second kappa shape index (κ2) is 8.78. The first kappa shape index (κ1) is 22.3. The van der Waals surface area contributed by atoms with E-state index in [1.807, 2.05) is 25.2 Å². The van der Waals surface area contributed by atoms with E-state index in [1.54, 1.807) is 30.3 Å². The van der Waals surface area contributed by atoms with E-state index in [4.69, 9.17) is 5.26 Å². The monoisotopic (exact) mass is 426 g/mol. The fraction of sp³-hybridized carbons (Fsp3) is 0.250. The smallest absolute Gasteiger partial charge is 0.375 e. The highest BCUT2D eigenvalue weighted by Gasteiger charge is 2.39. The molecule has 2 aromatic rings. The molecular weight excluding hydrogens is 405 g/mol. The lowest BCUT2D eigenvalue weighted by atomic mass is 9.83. The maximum atomic E-state index is 13.3. The molecule has 1 amide bonds. The van der Waals surface area contributed by atoms with Crippen molar-refractivity contribution < 1.29 is 23.1 Å². The van der Waals surface area contributed by atoms with Gasteiger partial charge >= 0.3 is 6.18 Å². The topological polar surface area (TPSA) is 73.1 Å². The van der Waals surface area contributed by atoms with Gasteiger partial charge in [-0.25, -0.2) is 0 Å². The van der Waals surface area contributed by atoms with Crippen LogP contribution in [0.15, 0.2) is 72.3 Å². The van der Waals surface area contributed by atoms with Crippen molar-refractivity contribution in [1.29, 1.82) is 5.26 Å². The molecule has 0 fully saturated rings. The summed E-state index contributed by atoms with van der Waals surface area (Å²) in [4.78, 5) is 13.1. The molecule has 31 heavy (non-hydrogen) atoms. The summed E-state index contributed by atoms with van der Waals surface area (Å²) in [5.74, 6) is -0.611. The third kappa shape index (κ3) is 5.04. The molecule has 0 aromatic heterocycles. The van der Waals surface area contributed by atoms with Crippen LogP contribution < -0.4 is 5.32 Å². The molecule has 7 heteroatoms. The van der Waals surface area contributed by atoms with E-state index in [0.29, 0.717) is 11.6 Å². The van der Waals surface area contributed by atoms with E-state index in [-0.39, 0.29) is 18.0 Å². The highest BCUT2D eigenvalue weighted by atomic mass is 19.4. The number of benzene rings is 2. The molecule has 0 saturated heterocycles. The summed E-state index contributed by atoms with van der Waals surface area (Å²) in [5, 5.41) is 22.8. The number of carbonyl (C=O) groups excluding carboxylic acids is 1. The SMILES string of the molecule is CC1C=C(C[C@@](O)(C(=O)Nc2ccc(C#N)c(C(F)(F)F)c2)c2ccccc2)C=CC1. The molecule has 0 saturated carbocycles. The molecule has 1 aliphatic rings. The summed E-state index contributed by atoms with van der Waals surface area (Å²) < 4.78 is 39.8. The number of carbonyl (C=O) groups is 1. The molecule has 3 rings (SSSR count). The van der Waals surface area contributed by atoms with Crippen molar-refractivity contribution in [3.63, 3.8) is 0 Å². The van der Waals surface area contributed by atoms with Crippen LogP contribution in [-0.4, -0.2) is 11.0 Å². The molecular formula is C24H21F3N2O2. The van der Waals surface area contributed by atoms with E-state index in [0.717, 1.165) is 18.1 Å². The Hall–Kier alpha value is -3.37. The largest absolute Gasteiger partial charge is 0.417 e. The Morgan fingerprint density at radius 2 is 1.94 bits per heavy atom. The molecule has 2 N–H and O–H groups in total. The van der Waals surface area contributed by atoms with Gasteiger partial charge in [0.15, 0.2) is 5.60 Å². The first-order chi connectivity index (χ1) is 14.6. The lowest BCUT2D eigenvalue weighted by Gasteiger charge is -2.29. The van der Waals surface area contributed by atoms with E-state index in [1.165, 1.54) is 12.1 Å². The molecule has 0 bridgehead atoms. The number of rotatable bonds is 5. The van der Waals surface area contributed by atoms with Gasteiger partial charge in [0.25, 0.3) is 5.91 Å². The fourth-order valence-electron chi connectivity index (χ4n) is 3.55. The quantitative estimate of drug-likeness (QED) is 0.680. The normalized spacial score (nSPS) is 17.9. The van der Waals surface area contributed by atoms with E-state index in [2.05, 4.69) is 5.32 Å². The molecule has 2 atom stereocenters. The minimum Gasteiger partial charge on any atom is -0.375 e. The highest BCUT2D eigenvalue weighted by Crippen LogP contribution is 2.36. The molecule has 0 heterocycles. The maximum Gasteiger partial charge on any atom is 0.417 e. The second-order valence-corrected chi connectivity index (χ2v) is 7.58. The summed E-state index contributed by atoms with van der Waals surface area (Å²) in [7, 11) is 0. The van der Waals surface area contributed by atoms with Crippen molar-refractivity contribution in [2.75, 3.05) is 5.32 Å². The van der Waals surface area contributed by atoms with Crippen LogP contribution in [0.3, 0.4) is 0 Å². The van der Waals surface area contributed by atoms with Gasteiger partial charge in [-0.15, -0.1) is 0 Å². The molecule has 2 aromatic carbocycles. The average molecular weight is 426 g/mol. The third-order valence-electron chi connectivity index (χ3n) is 5.13. The molecule has 160 valence electrons. The highest BCUT2D eigenvalue weighted by molar-refractivity contribution is 5.98. The van der Waals surface area contributed by atoms with Gasteiger partial charge in [-0.2, -0.15) is 18.4 Å². The standard InChI is InChI=1S/C24H21F3N2O2/c1-16-6-5-7-17(12-16)14-23(31,19-8-3-2-4-9-19)22(30)29-20-11-10-18(15-28)21(13-20)24(25,26)27/h2-5,7-13,16,31H,6,14H2,1H3,(H,29,30)/t16?,23-/m0/s1. The van der Waals surface area contributed by atoms with Crippen LogP contribution in [-0.2, 0) is 16.6 Å². The van der Waals surface area contributed by atoms with Crippen molar-refractivity contribution in [1.82, 2.24) is 0 Å². The van der Waals surface area contributed by atoms with Crippen LogP contribution in [0.4, 0.5) is 18.9 Å². The second-order valence-electron chi connectivity index (χ2n) is 7.58. The Morgan fingerprint density at radius 1 is 1.23 bits per heavy atom. The van der Waals surface area contributed by atoms with Crippen LogP contribution in [0.2, 0.25) is 0 Å². The molecule has 1 unspecified atom stereocenters. The van der Waals surface area contributed by atoms with E-state index in [9.17, 15) is 23.1 Å². The van der Waals surface area contributed by atoms with Gasteiger partial charge in [-0.3, -0.25) is 4.79 Å². The van der Waals surface area contributed by atoms with Crippen LogP contribution in [0.5, 0.6) is 0 Å². The Labute approximate surface area is 178 Å². The number of nitrogens with zero attached hydrogens (tertiary/aromatic N) is 1. The first-order valence-electron chi connectivity index (χ1n) is 9.71. The lowest BCUT2D eigenvalue weighted by molar-refractivity contribution is -0.138. The third-order valence-corrected chi connectivity index (χ3v) is 5.13. The first-order valence-corrected chi connectivity index (χ1v) is 9.71. The van der Waals surface area contributed by atoms with Gasteiger partial charge < -0.3 is 10.4 Å². The van der Waals surface area contributed by atoms with Gasteiger partial charge in [0.2, 0.25) is 0 Å².